The normalized spacial score (nSPS) is 13.2. The van der Waals surface area contributed by atoms with Crippen molar-refractivity contribution in [2.45, 2.75) is 109 Å². The molecular weight excluding hydrogens is 1040 g/mol. The van der Waals surface area contributed by atoms with Gasteiger partial charge in [-0.3, -0.25) is 8.80 Å². The van der Waals surface area contributed by atoms with Crippen LogP contribution in [0.3, 0.4) is 0 Å². The largest absolute Gasteiger partial charge is 0.453 e. The first-order chi connectivity index (χ1) is 33.7. The van der Waals surface area contributed by atoms with Gasteiger partial charge in [-0.15, -0.1) is 0 Å². The number of hydrogen-bond donors (Lipinski definition) is 0. The fraction of sp³-hybridized carbons (Fsp3) is 0.300. The number of fused-ring (bicyclic) bond motifs is 12. The van der Waals surface area contributed by atoms with E-state index in [4.69, 9.17) is 23.7 Å². The maximum Gasteiger partial charge on any atom is 0.426 e. The Morgan fingerprint density at radius 3 is 1.22 bits per heavy atom. The molecule has 7 nitrogen and oxygen atoms in total. The zero-order valence-corrected chi connectivity index (χ0v) is 47.5. The Hall–Kier alpha value is -5.04. The van der Waals surface area contributed by atoms with Crippen molar-refractivity contribution < 1.29 is 34.1 Å². The van der Waals surface area contributed by atoms with Crippen molar-refractivity contribution in [3.8, 4) is 22.5 Å². The van der Waals surface area contributed by atoms with E-state index in [0.717, 1.165) is 40.1 Å². The molecule has 5 heterocycles. The Kier molecular flexibility index (Phi) is 15.6. The summed E-state index contributed by atoms with van der Waals surface area (Å²) < 4.78 is 21.0. The molecule has 12 heteroatoms. The molecule has 1 fully saturated rings. The number of pyridine rings is 2. The van der Waals surface area contributed by atoms with Crippen LogP contribution in [0.15, 0.2) is 126 Å². The minimum absolute atomic E-state index is 0. The van der Waals surface area contributed by atoms with E-state index in [1.54, 1.807) is 0 Å². The molecule has 0 saturated carbocycles. The molecule has 0 amide bonds. The molecule has 10 aromatic rings. The first-order valence-electron chi connectivity index (χ1n) is 25.1. The Morgan fingerprint density at radius 2 is 0.819 bits per heavy atom. The molecule has 4 aromatic heterocycles. The predicted octanol–water partition coefficient (Wildman–Crippen LogP) is 16.5. The van der Waals surface area contributed by atoms with Gasteiger partial charge in [0.1, 0.15) is 15.9 Å². The third-order valence-electron chi connectivity index (χ3n) is 13.5. The molecule has 0 unspecified atom stereocenters. The van der Waals surface area contributed by atoms with Gasteiger partial charge >= 0.3 is 21.4 Å². The first-order valence-corrected chi connectivity index (χ1v) is 25.9. The summed E-state index contributed by atoms with van der Waals surface area (Å²) in [6.07, 6.45) is 2.11. The van der Waals surface area contributed by atoms with E-state index in [2.05, 4.69) is 222 Å². The third kappa shape index (κ3) is 10.8. The third-order valence-corrected chi connectivity index (χ3v) is 14.0. The topological polar surface area (TPSA) is 62.3 Å². The average molecular weight is 1110 g/mol. The molecule has 0 bridgehead atoms. The minimum Gasteiger partial charge on any atom is -0.453 e. The Bertz CT molecular complexity index is 3360. The molecule has 1 aliphatic rings. The number of benzene rings is 6. The van der Waals surface area contributed by atoms with Crippen LogP contribution in [0.1, 0.15) is 80.6 Å². The Morgan fingerprint density at radius 1 is 0.458 bits per heavy atom. The molecule has 11 rings (SSSR count). The van der Waals surface area contributed by atoms with Crippen molar-refractivity contribution in [3.63, 3.8) is 0 Å². The van der Waals surface area contributed by atoms with Gasteiger partial charge in [0.2, 0.25) is 0 Å². The number of halogens is 1. The second-order valence-corrected chi connectivity index (χ2v) is 22.8. The maximum atomic E-state index is 5.11. The van der Waals surface area contributed by atoms with E-state index in [1.807, 2.05) is 20.5 Å². The Labute approximate surface area is 449 Å². The van der Waals surface area contributed by atoms with Crippen molar-refractivity contribution in [2.75, 3.05) is 0 Å². The fourth-order valence-corrected chi connectivity index (χ4v) is 11.3. The molecule has 0 aliphatic carbocycles. The quantitative estimate of drug-likeness (QED) is 0.130. The van der Waals surface area contributed by atoms with Gasteiger partial charge in [0, 0.05) is 53.1 Å². The molecular formula is C60H66B3BrN4O3Pd. The van der Waals surface area contributed by atoms with Crippen LogP contribution < -0.4 is 0 Å². The minimum atomic E-state index is -0.135. The zero-order chi connectivity index (χ0) is 50.7. The van der Waals surface area contributed by atoms with E-state index in [1.165, 1.54) is 93.6 Å². The summed E-state index contributed by atoms with van der Waals surface area (Å²) in [4.78, 5) is 10.1. The van der Waals surface area contributed by atoms with Crippen LogP contribution in [0.25, 0.3) is 77.2 Å². The summed E-state index contributed by atoms with van der Waals surface area (Å²) in [5.41, 5.74) is 18.8. The number of hydrogen-bond acceptors (Lipinski definition) is 5. The second-order valence-electron chi connectivity index (χ2n) is 22.0. The van der Waals surface area contributed by atoms with Gasteiger partial charge in [-0.2, -0.15) is 0 Å². The molecule has 1 saturated heterocycles. The van der Waals surface area contributed by atoms with E-state index in [9.17, 15) is 0 Å². The SMILES string of the molecule is CB1OB(C)OB(C)O1.Cc1cccc(C)c1-c1c(Br)nc2c3ccccc3c3cc(CC(C)(C)C)ccc3n12.Cc1cccc(C)c1-c1c(C)nc2c3ccccc3c3cc(CC(C)(C)C)ccc3n12.[Pd]. The summed E-state index contributed by atoms with van der Waals surface area (Å²) >= 11 is 3.81. The first kappa shape index (κ1) is 53.3. The number of aryl methyl sites for hydroxylation is 5. The van der Waals surface area contributed by atoms with Crippen LogP contribution in [0.2, 0.25) is 20.5 Å². The van der Waals surface area contributed by atoms with Crippen molar-refractivity contribution in [2.24, 2.45) is 10.8 Å². The monoisotopic (exact) mass is 1110 g/mol. The van der Waals surface area contributed by atoms with E-state index in [0.29, 0.717) is 0 Å². The summed E-state index contributed by atoms with van der Waals surface area (Å²) in [5, 5.41) is 7.51. The van der Waals surface area contributed by atoms with E-state index in [-0.39, 0.29) is 52.6 Å². The number of imidazole rings is 2. The summed E-state index contributed by atoms with van der Waals surface area (Å²) in [6, 6.07) is 44.3. The summed E-state index contributed by atoms with van der Waals surface area (Å²) in [6.45, 7) is 30.3. The molecule has 0 spiro atoms. The van der Waals surface area contributed by atoms with Crippen molar-refractivity contribution in [1.82, 2.24) is 18.8 Å². The molecule has 72 heavy (non-hydrogen) atoms. The standard InChI is InChI=1S/C29H30N2.C28H27BrN2.C3H9B3O3.Pd/c1-18-10-9-11-19(2)26(18)27-20(3)30-28-23-13-8-7-12-22(23)24-16-21(17-29(4,5)6)14-15-25(24)31(27)28;1-17-9-8-10-18(2)24(17)25-26(29)30-27-21-12-7-6-11-20(21)22-15-19(16-28(3,4)5)13-14-23(22)31(25)27;1-4-7-5(2)9-6(3)8-4;/h7-16H,17H2,1-6H3;6-15H,16H2,1-5H3;1-3H3;. The van der Waals surface area contributed by atoms with Crippen molar-refractivity contribution in [1.29, 1.82) is 0 Å². The van der Waals surface area contributed by atoms with Crippen molar-refractivity contribution >= 4 is 91.9 Å². The van der Waals surface area contributed by atoms with Gasteiger partial charge in [-0.25, -0.2) is 9.97 Å². The smallest absolute Gasteiger partial charge is 0.426 e. The van der Waals surface area contributed by atoms with Gasteiger partial charge < -0.3 is 13.7 Å². The maximum absolute atomic E-state index is 5.11. The van der Waals surface area contributed by atoms with Crippen molar-refractivity contribution in [3.05, 3.63) is 165 Å². The van der Waals surface area contributed by atoms with Gasteiger partial charge in [-0.05, 0) is 163 Å². The van der Waals surface area contributed by atoms with Crippen LogP contribution in [0, 0.1) is 45.4 Å². The molecule has 0 radical (unpaired) electrons. The fourth-order valence-electron chi connectivity index (χ4n) is 10.8. The van der Waals surface area contributed by atoms with Gasteiger partial charge in [0.25, 0.3) is 0 Å². The van der Waals surface area contributed by atoms with Gasteiger partial charge in [-0.1, -0.05) is 139 Å². The molecule has 1 aliphatic heterocycles. The number of rotatable bonds is 4. The number of nitrogens with zero attached hydrogens (tertiary/aromatic N) is 4. The van der Waals surface area contributed by atoms with Crippen LogP contribution in [-0.4, -0.2) is 40.1 Å². The van der Waals surface area contributed by atoms with Crippen LogP contribution >= 0.6 is 15.9 Å². The van der Waals surface area contributed by atoms with Crippen LogP contribution in [0.5, 0.6) is 0 Å². The molecule has 370 valence electrons. The molecule has 0 N–H and O–H groups in total. The second kappa shape index (κ2) is 21.1. The molecule has 0 atom stereocenters. The van der Waals surface area contributed by atoms with Gasteiger partial charge in [0.15, 0.2) is 0 Å². The predicted molar refractivity (Wildman–Crippen MR) is 307 cm³/mol. The van der Waals surface area contributed by atoms with Gasteiger partial charge in [0.05, 0.1) is 28.1 Å². The zero-order valence-electron chi connectivity index (χ0n) is 44.4. The summed E-state index contributed by atoms with van der Waals surface area (Å²) in [5.74, 6) is 0. The average Bonchev–Trinajstić information content (AvgIpc) is 3.81. The van der Waals surface area contributed by atoms with Crippen LogP contribution in [0.4, 0.5) is 0 Å². The summed E-state index contributed by atoms with van der Waals surface area (Å²) in [7, 11) is -0.406. The Balaban J connectivity index is 0.000000162. The van der Waals surface area contributed by atoms with E-state index >= 15 is 0 Å². The molecule has 6 aromatic carbocycles. The number of aromatic nitrogens is 4. The van der Waals surface area contributed by atoms with Crippen LogP contribution in [-0.2, 0) is 47.0 Å². The van der Waals surface area contributed by atoms with E-state index < -0.39 is 0 Å².